The second-order valence-corrected chi connectivity index (χ2v) is 5.61. The van der Waals surface area contributed by atoms with E-state index in [0.29, 0.717) is 0 Å². The topological polar surface area (TPSA) is 41.5 Å². The Morgan fingerprint density at radius 2 is 2.31 bits per heavy atom. The predicted octanol–water partition coefficient (Wildman–Crippen LogP) is 1.81. The molecule has 5 heteroatoms. The number of aliphatic imine (C=N–C) groups is 1. The maximum absolute atomic E-state index is 11.6. The van der Waals surface area contributed by atoms with Gasteiger partial charge in [0.05, 0.1) is 5.71 Å². The number of allylic oxidation sites excluding steroid dienone is 4. The summed E-state index contributed by atoms with van der Waals surface area (Å²) in [5.74, 6) is 0.363. The van der Waals surface area contributed by atoms with E-state index in [0.717, 1.165) is 28.3 Å². The van der Waals surface area contributed by atoms with E-state index in [1.165, 1.54) is 0 Å². The molecule has 0 aromatic heterocycles. The zero-order valence-electron chi connectivity index (χ0n) is 8.47. The Kier molecular flexibility index (Phi) is 2.44. The Morgan fingerprint density at radius 1 is 1.50 bits per heavy atom. The van der Waals surface area contributed by atoms with Crippen LogP contribution in [0.5, 0.6) is 0 Å². The molecule has 0 aromatic rings. The van der Waals surface area contributed by atoms with Crippen molar-refractivity contribution in [3.63, 3.8) is 0 Å². The molecule has 1 atom stereocenters. The van der Waals surface area contributed by atoms with Crippen molar-refractivity contribution in [2.24, 2.45) is 10.9 Å². The molecule has 1 fully saturated rings. The Morgan fingerprint density at radius 3 is 3.06 bits per heavy atom. The van der Waals surface area contributed by atoms with Crippen molar-refractivity contribution in [1.82, 2.24) is 5.32 Å². The summed E-state index contributed by atoms with van der Waals surface area (Å²) < 4.78 is 0. The quantitative estimate of drug-likeness (QED) is 0.760. The SMILES string of the molecule is O=C(NC1N=C2C=CC(=S)C=C2S1)C1CC1. The van der Waals surface area contributed by atoms with Crippen molar-refractivity contribution in [1.29, 1.82) is 0 Å². The van der Waals surface area contributed by atoms with Gasteiger partial charge in [0.2, 0.25) is 5.91 Å². The maximum atomic E-state index is 11.6. The number of carbonyl (C=O) groups excluding carboxylic acids is 1. The predicted molar refractivity (Wildman–Crippen MR) is 69.5 cm³/mol. The highest BCUT2D eigenvalue weighted by molar-refractivity contribution is 8.05. The van der Waals surface area contributed by atoms with Crippen LogP contribution in [0.1, 0.15) is 12.8 Å². The molecule has 0 radical (unpaired) electrons. The number of thiocarbonyl (C=S) groups is 1. The maximum Gasteiger partial charge on any atom is 0.225 e. The molecule has 0 aromatic carbocycles. The first-order valence-corrected chi connectivity index (χ1v) is 6.50. The fourth-order valence-electron chi connectivity index (χ4n) is 1.62. The number of nitrogens with one attached hydrogen (secondary N) is 1. The minimum absolute atomic E-state index is 0.132. The van der Waals surface area contributed by atoms with Crippen molar-refractivity contribution in [2.45, 2.75) is 18.3 Å². The van der Waals surface area contributed by atoms with Crippen LogP contribution >= 0.6 is 24.0 Å². The van der Waals surface area contributed by atoms with E-state index in [2.05, 4.69) is 10.3 Å². The minimum atomic E-state index is -0.167. The van der Waals surface area contributed by atoms with E-state index in [-0.39, 0.29) is 17.3 Å². The van der Waals surface area contributed by atoms with Crippen LogP contribution in [-0.4, -0.2) is 22.0 Å². The zero-order chi connectivity index (χ0) is 11.1. The summed E-state index contributed by atoms with van der Waals surface area (Å²) in [4.78, 5) is 17.9. The van der Waals surface area contributed by atoms with Gasteiger partial charge in [0.25, 0.3) is 0 Å². The lowest BCUT2D eigenvalue weighted by Gasteiger charge is -2.08. The number of rotatable bonds is 2. The van der Waals surface area contributed by atoms with Gasteiger partial charge in [-0.3, -0.25) is 4.79 Å². The van der Waals surface area contributed by atoms with Gasteiger partial charge in [-0.1, -0.05) is 24.0 Å². The lowest BCUT2D eigenvalue weighted by molar-refractivity contribution is -0.122. The van der Waals surface area contributed by atoms with Crippen LogP contribution in [0.25, 0.3) is 0 Å². The molecule has 0 bridgehead atoms. The Balaban J connectivity index is 1.70. The third-order valence-electron chi connectivity index (χ3n) is 2.64. The lowest BCUT2D eigenvalue weighted by Crippen LogP contribution is -2.31. The van der Waals surface area contributed by atoms with Crippen molar-refractivity contribution in [3.05, 3.63) is 23.1 Å². The van der Waals surface area contributed by atoms with Crippen LogP contribution < -0.4 is 5.32 Å². The van der Waals surface area contributed by atoms with Gasteiger partial charge in [0.1, 0.15) is 0 Å². The van der Waals surface area contributed by atoms with Crippen molar-refractivity contribution in [3.8, 4) is 0 Å². The summed E-state index contributed by atoms with van der Waals surface area (Å²) >= 11 is 6.65. The van der Waals surface area contributed by atoms with Gasteiger partial charge < -0.3 is 5.32 Å². The molecular weight excluding hydrogens is 240 g/mol. The van der Waals surface area contributed by atoms with Crippen molar-refractivity contribution >= 4 is 40.5 Å². The van der Waals surface area contributed by atoms with E-state index in [4.69, 9.17) is 12.2 Å². The highest BCUT2D eigenvalue weighted by atomic mass is 32.2. The molecule has 1 N–H and O–H groups in total. The fourth-order valence-corrected chi connectivity index (χ4v) is 2.89. The molecule has 16 heavy (non-hydrogen) atoms. The van der Waals surface area contributed by atoms with Gasteiger partial charge in [-0.15, -0.1) is 0 Å². The number of fused-ring (bicyclic) bond motifs is 1. The van der Waals surface area contributed by atoms with Crippen molar-refractivity contribution < 1.29 is 4.79 Å². The first-order chi connectivity index (χ1) is 7.72. The molecule has 1 amide bonds. The largest absolute Gasteiger partial charge is 0.325 e. The molecule has 1 aliphatic heterocycles. The molecule has 1 heterocycles. The summed E-state index contributed by atoms with van der Waals surface area (Å²) in [7, 11) is 0. The van der Waals surface area contributed by atoms with Crippen LogP contribution in [0, 0.1) is 5.92 Å². The molecule has 82 valence electrons. The molecular formula is C11H10N2OS2. The molecule has 0 saturated heterocycles. The summed E-state index contributed by atoms with van der Waals surface area (Å²) in [6.07, 6.45) is 7.75. The van der Waals surface area contributed by atoms with Gasteiger partial charge in [0.15, 0.2) is 5.50 Å². The Hall–Kier alpha value is -0.940. The van der Waals surface area contributed by atoms with E-state index in [9.17, 15) is 4.79 Å². The highest BCUT2D eigenvalue weighted by Crippen LogP contribution is 2.34. The summed E-state index contributed by atoms with van der Waals surface area (Å²) in [6.45, 7) is 0. The third-order valence-corrected chi connectivity index (χ3v) is 3.92. The average Bonchev–Trinajstić information content (AvgIpc) is 3.00. The smallest absolute Gasteiger partial charge is 0.225 e. The Bertz CT molecular complexity index is 461. The summed E-state index contributed by atoms with van der Waals surface area (Å²) in [5.41, 5.74) is 0.764. The van der Waals surface area contributed by atoms with E-state index < -0.39 is 0 Å². The lowest BCUT2D eigenvalue weighted by atomic mass is 10.2. The highest BCUT2D eigenvalue weighted by Gasteiger charge is 2.33. The number of carbonyl (C=O) groups is 1. The standard InChI is InChI=1S/C11H10N2OS2/c14-10(6-1-2-6)13-11-12-8-4-3-7(15)5-9(8)16-11/h3-6,11H,1-2H2,(H,13,14). The minimum Gasteiger partial charge on any atom is -0.325 e. The monoisotopic (exact) mass is 250 g/mol. The third kappa shape index (κ3) is 1.97. The van der Waals surface area contributed by atoms with E-state index >= 15 is 0 Å². The first-order valence-electron chi connectivity index (χ1n) is 5.21. The van der Waals surface area contributed by atoms with Crippen LogP contribution in [-0.2, 0) is 4.79 Å². The molecule has 0 spiro atoms. The molecule has 3 rings (SSSR count). The Labute approximate surface area is 103 Å². The first kappa shape index (κ1) is 10.2. The van der Waals surface area contributed by atoms with Gasteiger partial charge >= 0.3 is 0 Å². The fraction of sp³-hybridized carbons (Fsp3) is 0.364. The molecule has 3 aliphatic rings. The number of hydrogen-bond acceptors (Lipinski definition) is 4. The molecule has 1 unspecified atom stereocenters. The summed E-state index contributed by atoms with van der Waals surface area (Å²) in [6, 6.07) is 0. The normalized spacial score (nSPS) is 27.2. The van der Waals surface area contributed by atoms with Gasteiger partial charge in [0, 0.05) is 15.7 Å². The molecule has 3 nitrogen and oxygen atoms in total. The van der Waals surface area contributed by atoms with Crippen LogP contribution in [0.15, 0.2) is 28.1 Å². The van der Waals surface area contributed by atoms with Gasteiger partial charge in [-0.2, -0.15) is 0 Å². The second-order valence-electron chi connectivity index (χ2n) is 4.01. The van der Waals surface area contributed by atoms with Gasteiger partial charge in [-0.05, 0) is 31.1 Å². The zero-order valence-corrected chi connectivity index (χ0v) is 10.1. The number of hydrogen-bond donors (Lipinski definition) is 1. The van der Waals surface area contributed by atoms with Crippen LogP contribution in [0.2, 0.25) is 0 Å². The number of nitrogens with zero attached hydrogens (tertiary/aromatic N) is 1. The second kappa shape index (κ2) is 3.82. The average molecular weight is 250 g/mol. The van der Waals surface area contributed by atoms with E-state index in [1.807, 2.05) is 18.2 Å². The van der Waals surface area contributed by atoms with E-state index in [1.54, 1.807) is 11.8 Å². The van der Waals surface area contributed by atoms with Gasteiger partial charge in [-0.25, -0.2) is 4.99 Å². The van der Waals surface area contributed by atoms with Crippen molar-refractivity contribution in [2.75, 3.05) is 0 Å². The van der Waals surface area contributed by atoms with Crippen LogP contribution in [0.3, 0.4) is 0 Å². The number of thioether (sulfide) groups is 1. The molecule has 1 saturated carbocycles. The number of amides is 1. The van der Waals surface area contributed by atoms with Crippen LogP contribution in [0.4, 0.5) is 0 Å². The molecule has 2 aliphatic carbocycles. The summed E-state index contributed by atoms with van der Waals surface area (Å²) in [5, 5.41) is 2.93.